The van der Waals surface area contributed by atoms with Crippen molar-refractivity contribution < 1.29 is 17.9 Å². The van der Waals surface area contributed by atoms with Gasteiger partial charge in [0, 0.05) is 47.0 Å². The second-order valence-electron chi connectivity index (χ2n) is 6.86. The first-order chi connectivity index (χ1) is 13.6. The van der Waals surface area contributed by atoms with E-state index in [1.54, 1.807) is 38.4 Å². The maximum Gasteiger partial charge on any atom is 0.193 e. The molecule has 1 saturated heterocycles. The van der Waals surface area contributed by atoms with Gasteiger partial charge in [0.25, 0.3) is 0 Å². The van der Waals surface area contributed by atoms with Crippen molar-refractivity contribution >= 4 is 39.8 Å². The molecule has 0 aliphatic carbocycles. The van der Waals surface area contributed by atoms with Gasteiger partial charge in [0.2, 0.25) is 0 Å². The van der Waals surface area contributed by atoms with Crippen molar-refractivity contribution in [2.24, 2.45) is 4.99 Å². The number of ether oxygens (including phenoxy) is 2. The summed E-state index contributed by atoms with van der Waals surface area (Å²) in [5, 5.41) is 3.29. The molecule has 0 unspecified atom stereocenters. The zero-order valence-corrected chi connectivity index (χ0v) is 20.5. The maximum atomic E-state index is 12.3. The molecule has 1 heterocycles. The molecule has 166 valence electrons. The minimum atomic E-state index is -3.23. The quantitative estimate of drug-likeness (QED) is 0.213. The predicted molar refractivity (Wildman–Crippen MR) is 127 cm³/mol. The third-order valence-electron chi connectivity index (χ3n) is 4.77. The molecule has 1 aliphatic heterocycles. The van der Waals surface area contributed by atoms with Crippen molar-refractivity contribution in [1.29, 1.82) is 0 Å². The Bertz CT molecular complexity index is 693. The molecule has 1 fully saturated rings. The lowest BCUT2D eigenvalue weighted by molar-refractivity contribution is 0.00991. The highest BCUT2D eigenvalue weighted by molar-refractivity contribution is 14.0. The summed E-state index contributed by atoms with van der Waals surface area (Å²) in [6.07, 6.45) is 3.69. The maximum absolute atomic E-state index is 12.3. The number of nitrogens with zero attached hydrogens (tertiary/aromatic N) is 2. The number of halogens is 1. The van der Waals surface area contributed by atoms with E-state index in [9.17, 15) is 8.42 Å². The van der Waals surface area contributed by atoms with Crippen LogP contribution in [0.15, 0.2) is 40.2 Å². The van der Waals surface area contributed by atoms with E-state index in [4.69, 9.17) is 9.47 Å². The number of aliphatic imine (C=N–C) groups is 1. The lowest BCUT2D eigenvalue weighted by Crippen LogP contribution is -2.47. The Balaban J connectivity index is 0.00000420. The monoisotopic (exact) mass is 539 g/mol. The molecule has 9 heteroatoms. The van der Waals surface area contributed by atoms with Crippen molar-refractivity contribution in [3.63, 3.8) is 0 Å². The minimum Gasteiger partial charge on any atom is -0.385 e. The van der Waals surface area contributed by atoms with Gasteiger partial charge in [0.15, 0.2) is 15.8 Å². The van der Waals surface area contributed by atoms with Crippen LogP contribution in [0.3, 0.4) is 0 Å². The number of benzene rings is 1. The minimum absolute atomic E-state index is 0. The van der Waals surface area contributed by atoms with Crippen LogP contribution in [0.25, 0.3) is 0 Å². The first-order valence-corrected chi connectivity index (χ1v) is 11.6. The van der Waals surface area contributed by atoms with Crippen LogP contribution in [-0.2, 0) is 19.3 Å². The summed E-state index contributed by atoms with van der Waals surface area (Å²) < 4.78 is 35.6. The molecule has 1 N–H and O–H groups in total. The third kappa shape index (κ3) is 9.18. The van der Waals surface area contributed by atoms with Gasteiger partial charge >= 0.3 is 0 Å². The van der Waals surface area contributed by atoms with Gasteiger partial charge < -0.3 is 19.7 Å². The molecule has 0 amide bonds. The van der Waals surface area contributed by atoms with Crippen LogP contribution in [0, 0.1) is 0 Å². The molecule has 1 aromatic rings. The van der Waals surface area contributed by atoms with E-state index in [0.717, 1.165) is 51.5 Å². The molecule has 0 saturated carbocycles. The van der Waals surface area contributed by atoms with E-state index in [1.807, 2.05) is 6.07 Å². The van der Waals surface area contributed by atoms with E-state index >= 15 is 0 Å². The van der Waals surface area contributed by atoms with E-state index in [1.165, 1.54) is 0 Å². The molecule has 0 radical (unpaired) electrons. The van der Waals surface area contributed by atoms with Gasteiger partial charge in [-0.1, -0.05) is 18.2 Å². The summed E-state index contributed by atoms with van der Waals surface area (Å²) in [7, 11) is 0.234. The Morgan fingerprint density at radius 2 is 1.86 bits per heavy atom. The number of hydrogen-bond donors (Lipinski definition) is 1. The Morgan fingerprint density at radius 1 is 1.17 bits per heavy atom. The van der Waals surface area contributed by atoms with Crippen molar-refractivity contribution in [2.75, 3.05) is 52.8 Å². The molecular formula is C20H34IN3O4S. The zero-order chi connectivity index (χ0) is 20.2. The van der Waals surface area contributed by atoms with Crippen molar-refractivity contribution in [1.82, 2.24) is 10.2 Å². The SMILES string of the molecule is CN=C(NCCCS(=O)(=O)c1ccccc1)N1CCC(OCCCOC)CC1.I. The first-order valence-electron chi connectivity index (χ1n) is 9.91. The lowest BCUT2D eigenvalue weighted by atomic mass is 10.1. The van der Waals surface area contributed by atoms with E-state index in [2.05, 4.69) is 15.2 Å². The van der Waals surface area contributed by atoms with Gasteiger partial charge in [0.05, 0.1) is 16.8 Å². The molecule has 1 aromatic carbocycles. The van der Waals surface area contributed by atoms with Gasteiger partial charge in [-0.3, -0.25) is 4.99 Å². The lowest BCUT2D eigenvalue weighted by Gasteiger charge is -2.34. The molecule has 0 aromatic heterocycles. The molecule has 7 nitrogen and oxygen atoms in total. The fourth-order valence-electron chi connectivity index (χ4n) is 3.23. The first kappa shape index (κ1) is 26.1. The zero-order valence-electron chi connectivity index (χ0n) is 17.4. The highest BCUT2D eigenvalue weighted by Gasteiger charge is 2.22. The Kier molecular flexibility index (Phi) is 12.8. The average Bonchev–Trinajstić information content (AvgIpc) is 2.72. The molecule has 0 bridgehead atoms. The number of sulfone groups is 1. The number of guanidine groups is 1. The largest absolute Gasteiger partial charge is 0.385 e. The van der Waals surface area contributed by atoms with E-state index < -0.39 is 9.84 Å². The highest BCUT2D eigenvalue weighted by Crippen LogP contribution is 2.14. The summed E-state index contributed by atoms with van der Waals surface area (Å²) in [5.41, 5.74) is 0. The van der Waals surface area contributed by atoms with Crippen LogP contribution in [0.1, 0.15) is 25.7 Å². The van der Waals surface area contributed by atoms with Gasteiger partial charge in [0.1, 0.15) is 0 Å². The van der Waals surface area contributed by atoms with E-state index in [0.29, 0.717) is 24.0 Å². The van der Waals surface area contributed by atoms with Crippen LogP contribution < -0.4 is 5.32 Å². The Morgan fingerprint density at radius 3 is 2.48 bits per heavy atom. The standard InChI is InChI=1S/C20H33N3O4S.HI/c1-21-20(23-13-10-18(11-14-23)27-16-7-15-26-2)22-12-6-17-28(24,25)19-8-4-3-5-9-19;/h3-5,8-9,18H,6-7,10-17H2,1-2H3,(H,21,22);1H. The number of nitrogens with one attached hydrogen (secondary N) is 1. The van der Waals surface area contributed by atoms with Crippen molar-refractivity contribution in [3.05, 3.63) is 30.3 Å². The van der Waals surface area contributed by atoms with Crippen LogP contribution in [0.2, 0.25) is 0 Å². The molecule has 2 rings (SSSR count). The molecule has 29 heavy (non-hydrogen) atoms. The van der Waals surface area contributed by atoms with Crippen LogP contribution >= 0.6 is 24.0 Å². The van der Waals surface area contributed by atoms with Crippen molar-refractivity contribution in [2.45, 2.75) is 36.7 Å². The van der Waals surface area contributed by atoms with Crippen molar-refractivity contribution in [3.8, 4) is 0 Å². The second kappa shape index (κ2) is 14.2. The topological polar surface area (TPSA) is 80.2 Å². The number of rotatable bonds is 10. The number of likely N-dealkylation sites (tertiary alicyclic amines) is 1. The molecule has 1 aliphatic rings. The van der Waals surface area contributed by atoms with Gasteiger partial charge in [-0.15, -0.1) is 24.0 Å². The fourth-order valence-corrected chi connectivity index (χ4v) is 4.56. The highest BCUT2D eigenvalue weighted by atomic mass is 127. The molecule has 0 atom stereocenters. The smallest absolute Gasteiger partial charge is 0.193 e. The molecule has 0 spiro atoms. The number of methoxy groups -OCH3 is 1. The van der Waals surface area contributed by atoms with Gasteiger partial charge in [-0.2, -0.15) is 0 Å². The van der Waals surface area contributed by atoms with Gasteiger partial charge in [-0.05, 0) is 37.8 Å². The second-order valence-corrected chi connectivity index (χ2v) is 8.97. The third-order valence-corrected chi connectivity index (χ3v) is 6.59. The van der Waals surface area contributed by atoms with Crippen LogP contribution in [0.4, 0.5) is 0 Å². The summed E-state index contributed by atoms with van der Waals surface area (Å²) in [5.74, 6) is 0.952. The van der Waals surface area contributed by atoms with Crippen LogP contribution in [-0.4, -0.2) is 78.1 Å². The van der Waals surface area contributed by atoms with Gasteiger partial charge in [-0.25, -0.2) is 8.42 Å². The Labute approximate surface area is 192 Å². The van der Waals surface area contributed by atoms with Crippen LogP contribution in [0.5, 0.6) is 0 Å². The summed E-state index contributed by atoms with van der Waals surface area (Å²) >= 11 is 0. The fraction of sp³-hybridized carbons (Fsp3) is 0.650. The average molecular weight is 539 g/mol. The Hall–Kier alpha value is -0.910. The molecular weight excluding hydrogens is 505 g/mol. The van der Waals surface area contributed by atoms with E-state index in [-0.39, 0.29) is 29.7 Å². The summed E-state index contributed by atoms with van der Waals surface area (Å²) in [4.78, 5) is 6.93. The summed E-state index contributed by atoms with van der Waals surface area (Å²) in [6.45, 7) is 3.82. The predicted octanol–water partition coefficient (Wildman–Crippen LogP) is 2.56. The number of piperidine rings is 1. The normalized spacial score (nSPS) is 15.8. The summed E-state index contributed by atoms with van der Waals surface area (Å²) in [6, 6.07) is 8.60. The number of hydrogen-bond acceptors (Lipinski definition) is 5.